The lowest BCUT2D eigenvalue weighted by molar-refractivity contribution is 0.0458. The predicted molar refractivity (Wildman–Crippen MR) is 48.3 cm³/mol. The fourth-order valence-electron chi connectivity index (χ4n) is 0.776. The molecule has 3 nitrogen and oxygen atoms in total. The van der Waals surface area contributed by atoms with Gasteiger partial charge >= 0.3 is 0 Å². The van der Waals surface area contributed by atoms with E-state index >= 15 is 0 Å². The average Bonchev–Trinajstić information content (AvgIpc) is 2.11. The van der Waals surface area contributed by atoms with Gasteiger partial charge in [-0.2, -0.15) is 0 Å². The Morgan fingerprint density at radius 3 is 2.50 bits per heavy atom. The minimum absolute atomic E-state index is 0.104. The third-order valence-electron chi connectivity index (χ3n) is 1.54. The fourth-order valence-corrected chi connectivity index (χ4v) is 0.776. The van der Waals surface area contributed by atoms with E-state index in [0.29, 0.717) is 19.8 Å². The van der Waals surface area contributed by atoms with Gasteiger partial charge in [0.15, 0.2) is 0 Å². The first-order chi connectivity index (χ1) is 5.85. The molecular formula is C9H18O3. The van der Waals surface area contributed by atoms with Crippen molar-refractivity contribution in [1.82, 2.24) is 0 Å². The van der Waals surface area contributed by atoms with E-state index in [4.69, 9.17) is 14.2 Å². The fraction of sp³-hybridized carbons (Fsp3) is 0.778. The van der Waals surface area contributed by atoms with Crippen molar-refractivity contribution in [3.05, 3.63) is 12.7 Å². The molecule has 0 rings (SSSR count). The van der Waals surface area contributed by atoms with Crippen LogP contribution >= 0.6 is 0 Å². The Kier molecular flexibility index (Phi) is 8.44. The van der Waals surface area contributed by atoms with Crippen LogP contribution in [-0.2, 0) is 14.2 Å². The monoisotopic (exact) mass is 174 g/mol. The van der Waals surface area contributed by atoms with Crippen molar-refractivity contribution in [2.45, 2.75) is 12.5 Å². The zero-order chi connectivity index (χ0) is 9.23. The molecule has 0 aromatic carbocycles. The minimum atomic E-state index is 0.104. The normalized spacial score (nSPS) is 12.8. The van der Waals surface area contributed by atoms with Gasteiger partial charge in [-0.25, -0.2) is 0 Å². The molecule has 72 valence electrons. The maximum Gasteiger partial charge on any atom is 0.0771 e. The van der Waals surface area contributed by atoms with Crippen LogP contribution in [-0.4, -0.2) is 40.1 Å². The highest BCUT2D eigenvalue weighted by atomic mass is 16.5. The summed E-state index contributed by atoms with van der Waals surface area (Å²) in [4.78, 5) is 0. The molecule has 1 unspecified atom stereocenters. The summed E-state index contributed by atoms with van der Waals surface area (Å²) in [6, 6.07) is 0. The van der Waals surface area contributed by atoms with Gasteiger partial charge < -0.3 is 14.2 Å². The van der Waals surface area contributed by atoms with E-state index in [0.717, 1.165) is 6.42 Å². The summed E-state index contributed by atoms with van der Waals surface area (Å²) in [7, 11) is 3.33. The second kappa shape index (κ2) is 8.71. The molecule has 3 heteroatoms. The molecule has 0 aromatic heterocycles. The third-order valence-corrected chi connectivity index (χ3v) is 1.54. The van der Waals surface area contributed by atoms with Crippen LogP contribution in [0.25, 0.3) is 0 Å². The molecule has 0 amide bonds. The van der Waals surface area contributed by atoms with Gasteiger partial charge in [0.05, 0.1) is 19.3 Å². The molecule has 0 aliphatic heterocycles. The van der Waals surface area contributed by atoms with Crippen molar-refractivity contribution >= 4 is 0 Å². The molecule has 0 aromatic rings. The van der Waals surface area contributed by atoms with Crippen LogP contribution < -0.4 is 0 Å². The van der Waals surface area contributed by atoms with Crippen molar-refractivity contribution in [1.29, 1.82) is 0 Å². The lowest BCUT2D eigenvalue weighted by Crippen LogP contribution is -2.12. The number of hydrogen-bond acceptors (Lipinski definition) is 3. The summed E-state index contributed by atoms with van der Waals surface area (Å²) >= 11 is 0. The van der Waals surface area contributed by atoms with Crippen LogP contribution in [0.2, 0.25) is 0 Å². The van der Waals surface area contributed by atoms with Crippen LogP contribution in [0.1, 0.15) is 6.42 Å². The molecular weight excluding hydrogens is 156 g/mol. The SMILES string of the molecule is C=CC(CCOCCOC)OC. The number of hydrogen-bond donors (Lipinski definition) is 0. The van der Waals surface area contributed by atoms with Crippen molar-refractivity contribution < 1.29 is 14.2 Å². The van der Waals surface area contributed by atoms with E-state index in [1.807, 2.05) is 0 Å². The van der Waals surface area contributed by atoms with Gasteiger partial charge in [0, 0.05) is 27.2 Å². The van der Waals surface area contributed by atoms with Gasteiger partial charge in [-0.3, -0.25) is 0 Å². The smallest absolute Gasteiger partial charge is 0.0771 e. The molecule has 0 spiro atoms. The summed E-state index contributed by atoms with van der Waals surface area (Å²) in [6.45, 7) is 5.62. The summed E-state index contributed by atoms with van der Waals surface area (Å²) < 4.78 is 15.2. The first-order valence-corrected chi connectivity index (χ1v) is 4.07. The molecule has 0 aliphatic rings. The standard InChI is InChI=1S/C9H18O3/c1-4-9(11-3)5-6-12-8-7-10-2/h4,9H,1,5-8H2,2-3H3. The van der Waals surface area contributed by atoms with Crippen LogP contribution in [0.4, 0.5) is 0 Å². The summed E-state index contributed by atoms with van der Waals surface area (Å²) in [5.74, 6) is 0. The lowest BCUT2D eigenvalue weighted by atomic mass is 10.2. The summed E-state index contributed by atoms with van der Waals surface area (Å²) in [6.07, 6.45) is 2.73. The van der Waals surface area contributed by atoms with Gasteiger partial charge in [0.2, 0.25) is 0 Å². The van der Waals surface area contributed by atoms with E-state index in [9.17, 15) is 0 Å². The second-order valence-electron chi connectivity index (χ2n) is 2.40. The van der Waals surface area contributed by atoms with Crippen LogP contribution in [0.5, 0.6) is 0 Å². The van der Waals surface area contributed by atoms with Gasteiger partial charge in [-0.15, -0.1) is 6.58 Å². The Hall–Kier alpha value is -0.380. The molecule has 0 aliphatic carbocycles. The number of methoxy groups -OCH3 is 2. The number of ether oxygens (including phenoxy) is 3. The Morgan fingerprint density at radius 1 is 1.25 bits per heavy atom. The van der Waals surface area contributed by atoms with Crippen LogP contribution in [0.15, 0.2) is 12.7 Å². The highest BCUT2D eigenvalue weighted by Crippen LogP contribution is 1.97. The largest absolute Gasteiger partial charge is 0.382 e. The maximum absolute atomic E-state index is 5.26. The van der Waals surface area contributed by atoms with E-state index in [2.05, 4.69) is 6.58 Å². The molecule has 0 fully saturated rings. The predicted octanol–water partition coefficient (Wildman–Crippen LogP) is 1.24. The first-order valence-electron chi connectivity index (χ1n) is 4.07. The van der Waals surface area contributed by atoms with Gasteiger partial charge in [0.1, 0.15) is 0 Å². The van der Waals surface area contributed by atoms with Gasteiger partial charge in [0.25, 0.3) is 0 Å². The number of rotatable bonds is 8. The van der Waals surface area contributed by atoms with Crippen molar-refractivity contribution in [2.24, 2.45) is 0 Å². The topological polar surface area (TPSA) is 27.7 Å². The van der Waals surface area contributed by atoms with E-state index in [-0.39, 0.29) is 6.10 Å². The van der Waals surface area contributed by atoms with E-state index in [1.54, 1.807) is 20.3 Å². The lowest BCUT2D eigenvalue weighted by Gasteiger charge is -2.09. The van der Waals surface area contributed by atoms with Crippen LogP contribution in [0, 0.1) is 0 Å². The quantitative estimate of drug-likeness (QED) is 0.409. The Balaban J connectivity index is 3.12. The zero-order valence-corrected chi connectivity index (χ0v) is 7.91. The molecule has 0 bridgehead atoms. The molecule has 0 saturated heterocycles. The summed E-state index contributed by atoms with van der Waals surface area (Å²) in [5, 5.41) is 0. The van der Waals surface area contributed by atoms with Crippen LogP contribution in [0.3, 0.4) is 0 Å². The Morgan fingerprint density at radius 2 is 2.00 bits per heavy atom. The second-order valence-corrected chi connectivity index (χ2v) is 2.40. The van der Waals surface area contributed by atoms with Crippen molar-refractivity contribution in [3.8, 4) is 0 Å². The minimum Gasteiger partial charge on any atom is -0.382 e. The first kappa shape index (κ1) is 11.6. The molecule has 12 heavy (non-hydrogen) atoms. The van der Waals surface area contributed by atoms with E-state index in [1.165, 1.54) is 0 Å². The molecule has 0 radical (unpaired) electrons. The molecule has 0 N–H and O–H groups in total. The molecule has 0 heterocycles. The Labute approximate surface area is 74.3 Å². The Bertz CT molecular complexity index is 104. The van der Waals surface area contributed by atoms with E-state index < -0.39 is 0 Å². The highest BCUT2D eigenvalue weighted by Gasteiger charge is 2.00. The average molecular weight is 174 g/mol. The summed E-state index contributed by atoms with van der Waals surface area (Å²) in [5.41, 5.74) is 0. The maximum atomic E-state index is 5.26. The molecule has 0 saturated carbocycles. The highest BCUT2D eigenvalue weighted by molar-refractivity contribution is 4.78. The third kappa shape index (κ3) is 6.34. The van der Waals surface area contributed by atoms with Crippen molar-refractivity contribution in [3.63, 3.8) is 0 Å². The zero-order valence-electron chi connectivity index (χ0n) is 7.91. The molecule has 1 atom stereocenters. The van der Waals surface area contributed by atoms with Gasteiger partial charge in [-0.1, -0.05) is 6.08 Å². The van der Waals surface area contributed by atoms with Crippen molar-refractivity contribution in [2.75, 3.05) is 34.0 Å². The van der Waals surface area contributed by atoms with Gasteiger partial charge in [-0.05, 0) is 0 Å².